The zero-order valence-corrected chi connectivity index (χ0v) is 12.9. The molecule has 0 spiro atoms. The van der Waals surface area contributed by atoms with Crippen molar-refractivity contribution in [1.29, 1.82) is 0 Å². The van der Waals surface area contributed by atoms with E-state index in [0.717, 1.165) is 30.3 Å². The molecule has 0 aromatic carbocycles. The van der Waals surface area contributed by atoms with Gasteiger partial charge >= 0.3 is 0 Å². The number of nitrogens with zero attached hydrogens (tertiary/aromatic N) is 3. The highest BCUT2D eigenvalue weighted by Crippen LogP contribution is 2.30. The molecule has 1 fully saturated rings. The first-order valence-electron chi connectivity index (χ1n) is 7.20. The third-order valence-corrected chi connectivity index (χ3v) is 4.60. The maximum Gasteiger partial charge on any atom is 0.268 e. The van der Waals surface area contributed by atoms with Crippen LogP contribution in [0.3, 0.4) is 0 Å². The summed E-state index contributed by atoms with van der Waals surface area (Å²) in [6, 6.07) is 1.68. The lowest BCUT2D eigenvalue weighted by atomic mass is 10.1. The van der Waals surface area contributed by atoms with Gasteiger partial charge in [-0.25, -0.2) is 0 Å². The van der Waals surface area contributed by atoms with Gasteiger partial charge in [-0.1, -0.05) is 11.6 Å². The second-order valence-corrected chi connectivity index (χ2v) is 6.19. The molecule has 0 aliphatic carbocycles. The minimum Gasteiger partial charge on any atom is -0.496 e. The van der Waals surface area contributed by atoms with Crippen LogP contribution in [0.25, 0.3) is 10.8 Å². The van der Waals surface area contributed by atoms with E-state index in [0.29, 0.717) is 11.7 Å². The molecule has 1 aliphatic heterocycles. The van der Waals surface area contributed by atoms with Gasteiger partial charge in [0.25, 0.3) is 5.89 Å². The van der Waals surface area contributed by atoms with Crippen molar-refractivity contribution in [2.45, 2.75) is 25.3 Å². The zero-order chi connectivity index (χ0) is 14.7. The number of hydrogen-bond donors (Lipinski definition) is 1. The Hall–Kier alpha value is -1.44. The molecule has 0 bridgehead atoms. The van der Waals surface area contributed by atoms with E-state index in [9.17, 15) is 0 Å². The standard InChI is InChI=1S/C14H20N4O2S/c1-19-10-7-12(21-9-10)14-16-13(17-20-14)11(15)8-18-5-3-2-4-6-18/h7,9,11H,2-6,8,15H2,1H3. The van der Waals surface area contributed by atoms with Crippen molar-refractivity contribution in [1.82, 2.24) is 15.0 Å². The molecule has 0 amide bonds. The summed E-state index contributed by atoms with van der Waals surface area (Å²) < 4.78 is 10.5. The Labute approximate surface area is 127 Å². The quantitative estimate of drug-likeness (QED) is 0.913. The number of nitrogens with two attached hydrogens (primary N) is 1. The van der Waals surface area contributed by atoms with Crippen molar-refractivity contribution in [3.8, 4) is 16.5 Å². The third kappa shape index (κ3) is 3.42. The van der Waals surface area contributed by atoms with Gasteiger partial charge in [0.15, 0.2) is 5.82 Å². The first-order chi connectivity index (χ1) is 10.3. The molecular weight excluding hydrogens is 288 g/mol. The predicted molar refractivity (Wildman–Crippen MR) is 81.4 cm³/mol. The van der Waals surface area contributed by atoms with Crippen LogP contribution in [0.5, 0.6) is 5.75 Å². The SMILES string of the molecule is COc1csc(-c2nc(C(N)CN3CCCCC3)no2)c1. The minimum atomic E-state index is -0.206. The van der Waals surface area contributed by atoms with E-state index in [1.165, 1.54) is 30.6 Å². The summed E-state index contributed by atoms with van der Waals surface area (Å²) in [4.78, 5) is 7.69. The molecule has 21 heavy (non-hydrogen) atoms. The Morgan fingerprint density at radius 3 is 2.95 bits per heavy atom. The summed E-state index contributed by atoms with van der Waals surface area (Å²) >= 11 is 1.52. The van der Waals surface area contributed by atoms with Crippen molar-refractivity contribution in [3.05, 3.63) is 17.3 Å². The molecule has 2 N–H and O–H groups in total. The fraction of sp³-hybridized carbons (Fsp3) is 0.571. The first-order valence-corrected chi connectivity index (χ1v) is 8.08. The zero-order valence-electron chi connectivity index (χ0n) is 12.1. The van der Waals surface area contributed by atoms with E-state index in [1.807, 2.05) is 11.4 Å². The Bertz CT molecular complexity index is 577. The fourth-order valence-corrected chi connectivity index (χ4v) is 3.30. The van der Waals surface area contributed by atoms with Crippen molar-refractivity contribution in [3.63, 3.8) is 0 Å². The highest BCUT2D eigenvalue weighted by Gasteiger charge is 2.20. The van der Waals surface area contributed by atoms with Crippen LogP contribution < -0.4 is 10.5 Å². The Morgan fingerprint density at radius 1 is 1.43 bits per heavy atom. The first kappa shape index (κ1) is 14.5. The summed E-state index contributed by atoms with van der Waals surface area (Å²) in [7, 11) is 1.64. The molecule has 2 aromatic heterocycles. The molecule has 7 heteroatoms. The van der Waals surface area contributed by atoms with E-state index in [2.05, 4.69) is 15.0 Å². The number of hydrogen-bond acceptors (Lipinski definition) is 7. The van der Waals surface area contributed by atoms with Crippen LogP contribution in [0.1, 0.15) is 31.1 Å². The Balaban J connectivity index is 1.65. The summed E-state index contributed by atoms with van der Waals surface area (Å²) in [6.45, 7) is 3.01. The summed E-state index contributed by atoms with van der Waals surface area (Å²) in [6.07, 6.45) is 3.82. The molecule has 0 radical (unpaired) electrons. The van der Waals surface area contributed by atoms with Crippen LogP contribution in [0.2, 0.25) is 0 Å². The number of methoxy groups -OCH3 is 1. The molecule has 1 aliphatic rings. The second kappa shape index (κ2) is 6.55. The van der Waals surface area contributed by atoms with Crippen molar-refractivity contribution >= 4 is 11.3 Å². The van der Waals surface area contributed by atoms with Crippen LogP contribution in [-0.4, -0.2) is 41.8 Å². The van der Waals surface area contributed by atoms with E-state index in [4.69, 9.17) is 15.0 Å². The van der Waals surface area contributed by atoms with Gasteiger partial charge in [0.2, 0.25) is 0 Å². The average molecular weight is 308 g/mol. The third-order valence-electron chi connectivity index (χ3n) is 3.70. The van der Waals surface area contributed by atoms with Crippen molar-refractivity contribution in [2.75, 3.05) is 26.7 Å². The lowest BCUT2D eigenvalue weighted by Gasteiger charge is -2.27. The highest BCUT2D eigenvalue weighted by atomic mass is 32.1. The summed E-state index contributed by atoms with van der Waals surface area (Å²) in [5, 5.41) is 5.93. The van der Waals surface area contributed by atoms with E-state index in [1.54, 1.807) is 7.11 Å². The van der Waals surface area contributed by atoms with Crippen molar-refractivity contribution in [2.24, 2.45) is 5.73 Å². The van der Waals surface area contributed by atoms with Gasteiger partial charge in [0, 0.05) is 18.0 Å². The number of ether oxygens (including phenoxy) is 1. The van der Waals surface area contributed by atoms with Crippen LogP contribution >= 0.6 is 11.3 Å². The molecule has 3 heterocycles. The van der Waals surface area contributed by atoms with Gasteiger partial charge in [-0.05, 0) is 25.9 Å². The van der Waals surface area contributed by atoms with Gasteiger partial charge < -0.3 is 19.9 Å². The number of rotatable bonds is 5. The molecule has 114 valence electrons. The normalized spacial score (nSPS) is 17.8. The predicted octanol–water partition coefficient (Wildman–Crippen LogP) is 2.29. The van der Waals surface area contributed by atoms with Gasteiger partial charge in [-0.15, -0.1) is 11.3 Å². The fourth-order valence-electron chi connectivity index (χ4n) is 2.53. The maximum absolute atomic E-state index is 6.20. The molecule has 0 saturated carbocycles. The number of piperidine rings is 1. The van der Waals surface area contributed by atoms with E-state index in [-0.39, 0.29) is 6.04 Å². The van der Waals surface area contributed by atoms with Crippen molar-refractivity contribution < 1.29 is 9.26 Å². The largest absolute Gasteiger partial charge is 0.496 e. The molecule has 3 rings (SSSR count). The van der Waals surface area contributed by atoms with Gasteiger partial charge in [-0.3, -0.25) is 0 Å². The molecule has 2 aromatic rings. The van der Waals surface area contributed by atoms with Crippen LogP contribution in [0.4, 0.5) is 0 Å². The van der Waals surface area contributed by atoms with E-state index >= 15 is 0 Å². The van der Waals surface area contributed by atoms with Crippen LogP contribution in [-0.2, 0) is 0 Å². The van der Waals surface area contributed by atoms with Gasteiger partial charge in [0.05, 0.1) is 18.0 Å². The summed E-state index contributed by atoms with van der Waals surface area (Å²) in [5.74, 6) is 1.88. The molecule has 6 nitrogen and oxygen atoms in total. The van der Waals surface area contributed by atoms with Crippen LogP contribution in [0, 0.1) is 0 Å². The molecular formula is C14H20N4O2S. The number of aromatic nitrogens is 2. The number of thiophene rings is 1. The second-order valence-electron chi connectivity index (χ2n) is 5.28. The maximum atomic E-state index is 6.20. The Kier molecular flexibility index (Phi) is 4.52. The minimum absolute atomic E-state index is 0.206. The lowest BCUT2D eigenvalue weighted by Crippen LogP contribution is -2.36. The smallest absolute Gasteiger partial charge is 0.268 e. The lowest BCUT2D eigenvalue weighted by molar-refractivity contribution is 0.213. The van der Waals surface area contributed by atoms with Gasteiger partial charge in [0.1, 0.15) is 5.75 Å². The topological polar surface area (TPSA) is 77.4 Å². The molecule has 1 saturated heterocycles. The van der Waals surface area contributed by atoms with E-state index < -0.39 is 0 Å². The molecule has 1 unspecified atom stereocenters. The Morgan fingerprint density at radius 2 is 2.24 bits per heavy atom. The summed E-state index contributed by atoms with van der Waals surface area (Å²) in [5.41, 5.74) is 6.20. The highest BCUT2D eigenvalue weighted by molar-refractivity contribution is 7.13. The number of likely N-dealkylation sites (tertiary alicyclic amines) is 1. The van der Waals surface area contributed by atoms with Crippen LogP contribution in [0.15, 0.2) is 16.0 Å². The molecule has 1 atom stereocenters. The average Bonchev–Trinajstić information content (AvgIpc) is 3.17. The monoisotopic (exact) mass is 308 g/mol. The van der Waals surface area contributed by atoms with Gasteiger partial charge in [-0.2, -0.15) is 4.98 Å².